The van der Waals surface area contributed by atoms with E-state index in [1.54, 1.807) is 0 Å². The number of carbonyl (C=O) groups excluding carboxylic acids is 1. The monoisotopic (exact) mass is 340 g/mol. The molecule has 1 amide bonds. The molecule has 1 saturated carbocycles. The second-order valence-corrected chi connectivity index (χ2v) is 6.95. The van der Waals surface area contributed by atoms with E-state index in [2.05, 4.69) is 57.3 Å². The van der Waals surface area contributed by atoms with E-state index in [1.807, 2.05) is 6.07 Å². The molecule has 0 aromatic carbocycles. The first-order chi connectivity index (χ1) is 9.36. The Labute approximate surface area is 128 Å². The van der Waals surface area contributed by atoms with Crippen molar-refractivity contribution >= 4 is 27.7 Å². The summed E-state index contributed by atoms with van der Waals surface area (Å²) in [6.07, 6.45) is 2.07. The zero-order chi connectivity index (χ0) is 14.8. The van der Waals surface area contributed by atoms with Gasteiger partial charge >= 0.3 is 0 Å². The fraction of sp³-hybridized carbons (Fsp3) is 0.643. The van der Waals surface area contributed by atoms with Crippen LogP contribution in [-0.4, -0.2) is 29.0 Å². The van der Waals surface area contributed by atoms with Gasteiger partial charge in [0.05, 0.1) is 0 Å². The molecular formula is C14H21BrN4O. The molecule has 1 aromatic heterocycles. The summed E-state index contributed by atoms with van der Waals surface area (Å²) in [6, 6.07) is 1.85. The Balaban J connectivity index is 1.85. The number of nitrogens with zero attached hydrogens (tertiary/aromatic N) is 2. The van der Waals surface area contributed by atoms with Crippen LogP contribution >= 0.6 is 15.9 Å². The molecule has 0 atom stereocenters. The Bertz CT molecular complexity index is 494. The standard InChI is InChI=1S/C14H21BrN4O/c1-14(2,3)13-18-10(15)8-11(19-13)16-6-7-17-12(20)9-4-5-9/h8-9H,4-7H2,1-3H3,(H,17,20)(H,16,18,19). The predicted molar refractivity (Wildman–Crippen MR) is 82.7 cm³/mol. The minimum atomic E-state index is -0.0968. The molecule has 0 aliphatic heterocycles. The minimum absolute atomic E-state index is 0.0968. The highest BCUT2D eigenvalue weighted by molar-refractivity contribution is 9.10. The van der Waals surface area contributed by atoms with Gasteiger partial charge in [-0.05, 0) is 28.8 Å². The summed E-state index contributed by atoms with van der Waals surface area (Å²) in [6.45, 7) is 7.50. The van der Waals surface area contributed by atoms with Gasteiger partial charge in [-0.15, -0.1) is 0 Å². The first-order valence-electron chi connectivity index (χ1n) is 6.93. The number of carbonyl (C=O) groups is 1. The number of anilines is 1. The molecule has 2 rings (SSSR count). The lowest BCUT2D eigenvalue weighted by Gasteiger charge is -2.18. The van der Waals surface area contributed by atoms with Gasteiger partial charge in [0.15, 0.2) is 0 Å². The molecule has 0 radical (unpaired) electrons. The lowest BCUT2D eigenvalue weighted by molar-refractivity contribution is -0.122. The van der Waals surface area contributed by atoms with Gasteiger partial charge in [-0.25, -0.2) is 9.97 Å². The van der Waals surface area contributed by atoms with Crippen molar-refractivity contribution in [2.75, 3.05) is 18.4 Å². The van der Waals surface area contributed by atoms with E-state index in [0.717, 1.165) is 29.1 Å². The number of halogens is 1. The molecule has 0 saturated heterocycles. The second kappa shape index (κ2) is 6.08. The fourth-order valence-electron chi connectivity index (χ4n) is 1.71. The van der Waals surface area contributed by atoms with Crippen LogP contribution in [0.1, 0.15) is 39.4 Å². The van der Waals surface area contributed by atoms with Crippen molar-refractivity contribution in [2.24, 2.45) is 5.92 Å². The van der Waals surface area contributed by atoms with Crippen molar-refractivity contribution in [1.82, 2.24) is 15.3 Å². The first-order valence-corrected chi connectivity index (χ1v) is 7.72. The summed E-state index contributed by atoms with van der Waals surface area (Å²) in [5.74, 6) is 2.00. The van der Waals surface area contributed by atoms with Crippen molar-refractivity contribution in [3.8, 4) is 0 Å². The first kappa shape index (κ1) is 15.2. The van der Waals surface area contributed by atoms with Crippen LogP contribution in [0.2, 0.25) is 0 Å². The number of amides is 1. The average Bonchev–Trinajstić information content (AvgIpc) is 3.16. The van der Waals surface area contributed by atoms with Crippen molar-refractivity contribution < 1.29 is 4.79 Å². The lowest BCUT2D eigenvalue weighted by Crippen LogP contribution is -2.30. The Kier molecular flexibility index (Phi) is 4.62. The van der Waals surface area contributed by atoms with Crippen molar-refractivity contribution in [3.05, 3.63) is 16.5 Å². The Morgan fingerprint density at radius 2 is 2.05 bits per heavy atom. The molecule has 1 aliphatic carbocycles. The maximum atomic E-state index is 11.5. The number of hydrogen-bond donors (Lipinski definition) is 2. The summed E-state index contributed by atoms with van der Waals surface area (Å²) in [4.78, 5) is 20.4. The molecule has 1 heterocycles. The van der Waals surface area contributed by atoms with Crippen LogP contribution in [-0.2, 0) is 10.2 Å². The third-order valence-electron chi connectivity index (χ3n) is 3.04. The van der Waals surface area contributed by atoms with Gasteiger partial charge < -0.3 is 10.6 Å². The SMILES string of the molecule is CC(C)(C)c1nc(Br)cc(NCCNC(=O)C2CC2)n1. The lowest BCUT2D eigenvalue weighted by atomic mass is 9.96. The molecule has 1 aromatic rings. The van der Waals surface area contributed by atoms with Gasteiger partial charge in [0.25, 0.3) is 0 Å². The van der Waals surface area contributed by atoms with Crippen molar-refractivity contribution in [2.45, 2.75) is 39.0 Å². The van der Waals surface area contributed by atoms with E-state index in [1.165, 1.54) is 0 Å². The molecule has 0 bridgehead atoms. The van der Waals surface area contributed by atoms with Crippen LogP contribution in [0.4, 0.5) is 5.82 Å². The minimum Gasteiger partial charge on any atom is -0.368 e. The smallest absolute Gasteiger partial charge is 0.223 e. The van der Waals surface area contributed by atoms with Gasteiger partial charge in [0.1, 0.15) is 16.2 Å². The predicted octanol–water partition coefficient (Wildman–Crippen LogP) is 2.47. The molecule has 1 aliphatic rings. The van der Waals surface area contributed by atoms with Crippen LogP contribution in [0, 0.1) is 5.92 Å². The number of rotatable bonds is 5. The number of aromatic nitrogens is 2. The van der Waals surface area contributed by atoms with Gasteiger partial charge in [0.2, 0.25) is 5.91 Å². The summed E-state index contributed by atoms with van der Waals surface area (Å²) < 4.78 is 0.766. The maximum Gasteiger partial charge on any atom is 0.223 e. The van der Waals surface area contributed by atoms with E-state index in [4.69, 9.17) is 0 Å². The molecule has 1 fully saturated rings. The van der Waals surface area contributed by atoms with E-state index < -0.39 is 0 Å². The van der Waals surface area contributed by atoms with Crippen LogP contribution in [0.15, 0.2) is 10.7 Å². The zero-order valence-corrected chi connectivity index (χ0v) is 13.7. The van der Waals surface area contributed by atoms with Crippen molar-refractivity contribution in [3.63, 3.8) is 0 Å². The maximum absolute atomic E-state index is 11.5. The van der Waals surface area contributed by atoms with Crippen molar-refractivity contribution in [1.29, 1.82) is 0 Å². The molecule has 20 heavy (non-hydrogen) atoms. The van der Waals surface area contributed by atoms with E-state index in [0.29, 0.717) is 13.1 Å². The topological polar surface area (TPSA) is 66.9 Å². The van der Waals surface area contributed by atoms with E-state index in [-0.39, 0.29) is 17.2 Å². The van der Waals surface area contributed by atoms with Gasteiger partial charge in [-0.1, -0.05) is 20.8 Å². The van der Waals surface area contributed by atoms with Crippen LogP contribution in [0.5, 0.6) is 0 Å². The molecule has 0 spiro atoms. The third kappa shape index (κ3) is 4.44. The molecule has 6 heteroatoms. The van der Waals surface area contributed by atoms with E-state index in [9.17, 15) is 4.79 Å². The number of hydrogen-bond acceptors (Lipinski definition) is 4. The van der Waals surface area contributed by atoms with Gasteiger partial charge in [-0.3, -0.25) is 4.79 Å². The van der Waals surface area contributed by atoms with E-state index >= 15 is 0 Å². The molecule has 110 valence electrons. The normalized spacial score (nSPS) is 15.0. The Morgan fingerprint density at radius 3 is 2.65 bits per heavy atom. The molecule has 0 unspecified atom stereocenters. The molecule has 5 nitrogen and oxygen atoms in total. The molecular weight excluding hydrogens is 320 g/mol. The third-order valence-corrected chi connectivity index (χ3v) is 3.45. The van der Waals surface area contributed by atoms with Gasteiger partial charge in [0, 0.05) is 30.5 Å². The van der Waals surface area contributed by atoms with Crippen LogP contribution < -0.4 is 10.6 Å². The average molecular weight is 341 g/mol. The summed E-state index contributed by atoms with van der Waals surface area (Å²) in [5, 5.41) is 6.13. The highest BCUT2D eigenvalue weighted by Crippen LogP contribution is 2.28. The fourth-order valence-corrected chi connectivity index (χ4v) is 2.09. The van der Waals surface area contributed by atoms with Crippen LogP contribution in [0.3, 0.4) is 0 Å². The summed E-state index contributed by atoms with van der Waals surface area (Å²) >= 11 is 3.40. The quantitative estimate of drug-likeness (QED) is 0.638. The highest BCUT2D eigenvalue weighted by atomic mass is 79.9. The summed E-state index contributed by atoms with van der Waals surface area (Å²) in [5.41, 5.74) is -0.0968. The largest absolute Gasteiger partial charge is 0.368 e. The Morgan fingerprint density at radius 1 is 1.35 bits per heavy atom. The second-order valence-electron chi connectivity index (χ2n) is 6.14. The summed E-state index contributed by atoms with van der Waals surface area (Å²) in [7, 11) is 0. The zero-order valence-electron chi connectivity index (χ0n) is 12.2. The highest BCUT2D eigenvalue weighted by Gasteiger charge is 2.28. The number of nitrogens with one attached hydrogen (secondary N) is 2. The van der Waals surface area contributed by atoms with Crippen LogP contribution in [0.25, 0.3) is 0 Å². The molecule has 2 N–H and O–H groups in total. The van der Waals surface area contributed by atoms with Gasteiger partial charge in [-0.2, -0.15) is 0 Å². The Hall–Kier alpha value is -1.17.